The van der Waals surface area contributed by atoms with Crippen LogP contribution in [0.1, 0.15) is 46.5 Å². The maximum atomic E-state index is 10.6. The van der Waals surface area contributed by atoms with Crippen molar-refractivity contribution in [2.75, 3.05) is 6.61 Å². The molecule has 0 N–H and O–H groups in total. The Labute approximate surface area is 80.7 Å². The third-order valence-electron chi connectivity index (χ3n) is 2.83. The summed E-state index contributed by atoms with van der Waals surface area (Å²) in [5.41, 5.74) is 0.447. The van der Waals surface area contributed by atoms with Gasteiger partial charge in [0, 0.05) is 6.92 Å². The van der Waals surface area contributed by atoms with Gasteiger partial charge in [-0.25, -0.2) is 0 Å². The third kappa shape index (κ3) is 3.79. The smallest absolute Gasteiger partial charge is 0.302 e. The van der Waals surface area contributed by atoms with Crippen LogP contribution in [0.5, 0.6) is 0 Å². The molecule has 76 valence electrons. The normalized spacial score (nSPS) is 26.8. The number of ether oxygens (including phenoxy) is 1. The first-order valence-corrected chi connectivity index (χ1v) is 5.13. The zero-order chi connectivity index (χ0) is 9.90. The number of carbonyl (C=O) groups excluding carboxylic acids is 1. The molecular weight excluding hydrogens is 164 g/mol. The van der Waals surface area contributed by atoms with Gasteiger partial charge in [-0.1, -0.05) is 20.3 Å². The predicted molar refractivity (Wildman–Crippen MR) is 52.4 cm³/mol. The lowest BCUT2D eigenvalue weighted by atomic mass is 9.72. The van der Waals surface area contributed by atoms with Crippen LogP contribution >= 0.6 is 0 Å². The first-order valence-electron chi connectivity index (χ1n) is 5.13. The minimum Gasteiger partial charge on any atom is -0.466 e. The van der Waals surface area contributed by atoms with Crippen molar-refractivity contribution >= 4 is 5.97 Å². The number of esters is 1. The van der Waals surface area contributed by atoms with E-state index in [9.17, 15) is 4.79 Å². The number of rotatable bonds is 2. The highest BCUT2D eigenvalue weighted by Gasteiger charge is 2.28. The van der Waals surface area contributed by atoms with Crippen molar-refractivity contribution in [2.45, 2.75) is 46.5 Å². The summed E-state index contributed by atoms with van der Waals surface area (Å²) in [6, 6.07) is 0. The van der Waals surface area contributed by atoms with E-state index in [-0.39, 0.29) is 5.97 Å². The van der Waals surface area contributed by atoms with Gasteiger partial charge in [-0.3, -0.25) is 4.79 Å². The largest absolute Gasteiger partial charge is 0.466 e. The van der Waals surface area contributed by atoms with Crippen molar-refractivity contribution in [1.82, 2.24) is 0 Å². The molecule has 1 rings (SSSR count). The van der Waals surface area contributed by atoms with E-state index in [1.165, 1.54) is 32.6 Å². The Kier molecular flexibility index (Phi) is 3.34. The van der Waals surface area contributed by atoms with Crippen LogP contribution in [0.2, 0.25) is 0 Å². The average Bonchev–Trinajstić information content (AvgIpc) is 1.99. The molecule has 1 saturated carbocycles. The van der Waals surface area contributed by atoms with Crippen molar-refractivity contribution in [1.29, 1.82) is 0 Å². The zero-order valence-electron chi connectivity index (χ0n) is 8.93. The number of hydrogen-bond acceptors (Lipinski definition) is 2. The third-order valence-corrected chi connectivity index (χ3v) is 2.83. The second-order valence-corrected chi connectivity index (χ2v) is 4.93. The van der Waals surface area contributed by atoms with E-state index in [2.05, 4.69) is 13.8 Å². The van der Waals surface area contributed by atoms with Gasteiger partial charge in [0.25, 0.3) is 0 Å². The van der Waals surface area contributed by atoms with E-state index in [0.29, 0.717) is 17.9 Å². The topological polar surface area (TPSA) is 26.3 Å². The second kappa shape index (κ2) is 4.12. The average molecular weight is 184 g/mol. The van der Waals surface area contributed by atoms with Crippen molar-refractivity contribution in [3.8, 4) is 0 Å². The Morgan fingerprint density at radius 1 is 1.54 bits per heavy atom. The van der Waals surface area contributed by atoms with E-state index in [0.717, 1.165) is 0 Å². The number of carbonyl (C=O) groups is 1. The summed E-state index contributed by atoms with van der Waals surface area (Å²) >= 11 is 0. The SMILES string of the molecule is CC(=O)OCC1CCCC(C)(C)C1. The summed E-state index contributed by atoms with van der Waals surface area (Å²) in [6.45, 7) is 6.70. The Balaban J connectivity index is 2.30. The summed E-state index contributed by atoms with van der Waals surface area (Å²) in [4.78, 5) is 10.6. The lowest BCUT2D eigenvalue weighted by Crippen LogP contribution is -2.26. The highest BCUT2D eigenvalue weighted by molar-refractivity contribution is 5.65. The van der Waals surface area contributed by atoms with Crippen LogP contribution in [0, 0.1) is 11.3 Å². The standard InChI is InChI=1S/C11H20O2/c1-9(12)13-8-10-5-4-6-11(2,3)7-10/h10H,4-8H2,1-3H3. The monoisotopic (exact) mass is 184 g/mol. The van der Waals surface area contributed by atoms with Gasteiger partial charge in [-0.15, -0.1) is 0 Å². The van der Waals surface area contributed by atoms with Crippen molar-refractivity contribution in [2.24, 2.45) is 11.3 Å². The van der Waals surface area contributed by atoms with Gasteiger partial charge >= 0.3 is 5.97 Å². The molecule has 2 nitrogen and oxygen atoms in total. The van der Waals surface area contributed by atoms with Crippen molar-refractivity contribution in [3.63, 3.8) is 0 Å². The quantitative estimate of drug-likeness (QED) is 0.617. The number of hydrogen-bond donors (Lipinski definition) is 0. The maximum Gasteiger partial charge on any atom is 0.302 e. The molecule has 0 spiro atoms. The molecule has 1 atom stereocenters. The Bertz CT molecular complexity index is 185. The first-order chi connectivity index (χ1) is 5.99. The summed E-state index contributed by atoms with van der Waals surface area (Å²) in [5, 5.41) is 0. The fourth-order valence-electron chi connectivity index (χ4n) is 2.23. The predicted octanol–water partition coefficient (Wildman–Crippen LogP) is 2.77. The molecule has 0 bridgehead atoms. The van der Waals surface area contributed by atoms with Gasteiger partial charge in [0.15, 0.2) is 0 Å². The van der Waals surface area contributed by atoms with Crippen LogP contribution in [-0.2, 0) is 9.53 Å². The Hall–Kier alpha value is -0.530. The second-order valence-electron chi connectivity index (χ2n) is 4.93. The Morgan fingerprint density at radius 2 is 2.23 bits per heavy atom. The van der Waals surface area contributed by atoms with Gasteiger partial charge in [0.2, 0.25) is 0 Å². The first kappa shape index (κ1) is 10.6. The van der Waals surface area contributed by atoms with Crippen LogP contribution in [0.25, 0.3) is 0 Å². The molecular formula is C11H20O2. The van der Waals surface area contributed by atoms with Crippen molar-refractivity contribution < 1.29 is 9.53 Å². The maximum absolute atomic E-state index is 10.6. The fraction of sp³-hybridized carbons (Fsp3) is 0.909. The molecule has 0 aromatic heterocycles. The van der Waals surface area contributed by atoms with Crippen LogP contribution in [0.3, 0.4) is 0 Å². The van der Waals surface area contributed by atoms with E-state index in [4.69, 9.17) is 4.74 Å². The van der Waals surface area contributed by atoms with Crippen LogP contribution in [0.15, 0.2) is 0 Å². The summed E-state index contributed by atoms with van der Waals surface area (Å²) in [7, 11) is 0. The molecule has 1 aliphatic carbocycles. The molecule has 0 amide bonds. The van der Waals surface area contributed by atoms with Crippen LogP contribution < -0.4 is 0 Å². The molecule has 0 heterocycles. The summed E-state index contributed by atoms with van der Waals surface area (Å²) in [6.07, 6.45) is 5.00. The molecule has 0 radical (unpaired) electrons. The van der Waals surface area contributed by atoms with Crippen LogP contribution in [0.4, 0.5) is 0 Å². The van der Waals surface area contributed by atoms with Gasteiger partial charge < -0.3 is 4.74 Å². The fourth-order valence-corrected chi connectivity index (χ4v) is 2.23. The van der Waals surface area contributed by atoms with E-state index < -0.39 is 0 Å². The highest BCUT2D eigenvalue weighted by atomic mass is 16.5. The van der Waals surface area contributed by atoms with Gasteiger partial charge in [-0.2, -0.15) is 0 Å². The van der Waals surface area contributed by atoms with Gasteiger partial charge in [-0.05, 0) is 30.6 Å². The molecule has 1 unspecified atom stereocenters. The minimum absolute atomic E-state index is 0.150. The lowest BCUT2D eigenvalue weighted by Gasteiger charge is -2.34. The molecule has 2 heteroatoms. The molecule has 1 aliphatic rings. The molecule has 0 aliphatic heterocycles. The highest BCUT2D eigenvalue weighted by Crippen LogP contribution is 2.38. The van der Waals surface area contributed by atoms with E-state index in [1.54, 1.807) is 0 Å². The van der Waals surface area contributed by atoms with Crippen molar-refractivity contribution in [3.05, 3.63) is 0 Å². The zero-order valence-corrected chi connectivity index (χ0v) is 8.93. The lowest BCUT2D eigenvalue weighted by molar-refractivity contribution is -0.143. The van der Waals surface area contributed by atoms with Gasteiger partial charge in [0.1, 0.15) is 0 Å². The summed E-state index contributed by atoms with van der Waals surface area (Å²) in [5.74, 6) is 0.441. The molecule has 0 saturated heterocycles. The molecule has 0 aromatic carbocycles. The molecule has 1 fully saturated rings. The molecule has 13 heavy (non-hydrogen) atoms. The Morgan fingerprint density at radius 3 is 2.77 bits per heavy atom. The minimum atomic E-state index is -0.150. The van der Waals surface area contributed by atoms with E-state index in [1.807, 2.05) is 0 Å². The summed E-state index contributed by atoms with van der Waals surface area (Å²) < 4.78 is 5.04. The van der Waals surface area contributed by atoms with Gasteiger partial charge in [0.05, 0.1) is 6.61 Å². The van der Waals surface area contributed by atoms with Crippen LogP contribution in [-0.4, -0.2) is 12.6 Å². The molecule has 0 aromatic rings. The van der Waals surface area contributed by atoms with E-state index >= 15 is 0 Å².